The largest absolute Gasteiger partial charge is 0.349 e. The molecule has 0 atom stereocenters. The summed E-state index contributed by atoms with van der Waals surface area (Å²) in [5.74, 6) is -0.505. The molecule has 0 saturated carbocycles. The lowest BCUT2D eigenvalue weighted by molar-refractivity contribution is -0.384. The molecule has 1 aliphatic rings. The van der Waals surface area contributed by atoms with E-state index in [4.69, 9.17) is 0 Å². The predicted molar refractivity (Wildman–Crippen MR) is 95.3 cm³/mol. The van der Waals surface area contributed by atoms with Crippen LogP contribution < -0.4 is 5.32 Å². The fraction of sp³-hybridized carbons (Fsp3) is 0.316. The van der Waals surface area contributed by atoms with Crippen molar-refractivity contribution in [2.24, 2.45) is 0 Å². The van der Waals surface area contributed by atoms with Crippen LogP contribution in [0.2, 0.25) is 0 Å². The van der Waals surface area contributed by atoms with Gasteiger partial charge in [-0.25, -0.2) is 4.39 Å². The number of nitrogens with zero attached hydrogens (tertiary/aromatic N) is 2. The van der Waals surface area contributed by atoms with Gasteiger partial charge in [0.1, 0.15) is 5.82 Å². The maximum Gasteiger partial charge on any atom is 0.270 e. The highest BCUT2D eigenvalue weighted by Crippen LogP contribution is 2.17. The summed E-state index contributed by atoms with van der Waals surface area (Å²) in [5.41, 5.74) is 0.858. The molecule has 1 fully saturated rings. The number of nitro groups is 1. The van der Waals surface area contributed by atoms with Crippen LogP contribution in [0.1, 0.15) is 28.8 Å². The Bertz CT molecular complexity index is 804. The Morgan fingerprint density at radius 1 is 1.19 bits per heavy atom. The van der Waals surface area contributed by atoms with Gasteiger partial charge in [-0.05, 0) is 25.0 Å². The van der Waals surface area contributed by atoms with Crippen molar-refractivity contribution in [2.45, 2.75) is 25.4 Å². The Kier molecular flexibility index (Phi) is 5.58. The summed E-state index contributed by atoms with van der Waals surface area (Å²) in [4.78, 5) is 24.8. The average molecular weight is 357 g/mol. The summed E-state index contributed by atoms with van der Waals surface area (Å²) < 4.78 is 13.7. The highest BCUT2D eigenvalue weighted by Gasteiger charge is 2.22. The molecule has 3 rings (SSSR count). The normalized spacial score (nSPS) is 15.6. The minimum Gasteiger partial charge on any atom is -0.349 e. The van der Waals surface area contributed by atoms with Gasteiger partial charge in [0.05, 0.1) is 4.92 Å². The number of halogens is 1. The van der Waals surface area contributed by atoms with Gasteiger partial charge in [-0.15, -0.1) is 0 Å². The zero-order chi connectivity index (χ0) is 18.5. The second-order valence-corrected chi connectivity index (χ2v) is 6.42. The summed E-state index contributed by atoms with van der Waals surface area (Å²) in [5, 5.41) is 13.8. The van der Waals surface area contributed by atoms with Crippen molar-refractivity contribution in [2.75, 3.05) is 13.1 Å². The molecule has 0 unspecified atom stereocenters. The van der Waals surface area contributed by atoms with Crippen molar-refractivity contribution >= 4 is 11.6 Å². The predicted octanol–water partition coefficient (Wildman–Crippen LogP) is 3.13. The third-order valence-electron chi connectivity index (χ3n) is 4.59. The fourth-order valence-electron chi connectivity index (χ4n) is 3.13. The molecule has 0 aromatic heterocycles. The molecule has 0 aliphatic carbocycles. The number of hydrogen-bond acceptors (Lipinski definition) is 4. The second-order valence-electron chi connectivity index (χ2n) is 6.42. The van der Waals surface area contributed by atoms with Crippen molar-refractivity contribution in [3.8, 4) is 0 Å². The van der Waals surface area contributed by atoms with Crippen molar-refractivity contribution < 1.29 is 14.1 Å². The number of amides is 1. The van der Waals surface area contributed by atoms with Gasteiger partial charge < -0.3 is 5.32 Å². The molecule has 1 amide bonds. The molecule has 26 heavy (non-hydrogen) atoms. The lowest BCUT2D eigenvalue weighted by Gasteiger charge is -2.32. The highest BCUT2D eigenvalue weighted by molar-refractivity contribution is 5.95. The van der Waals surface area contributed by atoms with E-state index in [2.05, 4.69) is 10.2 Å². The topological polar surface area (TPSA) is 75.5 Å². The molecule has 1 aliphatic heterocycles. The van der Waals surface area contributed by atoms with E-state index in [9.17, 15) is 19.3 Å². The SMILES string of the molecule is O=C(NC1CCN(Cc2ccccc2F)CC1)c1cccc([N+](=O)[O-])c1. The Balaban J connectivity index is 1.52. The Morgan fingerprint density at radius 3 is 2.62 bits per heavy atom. The minimum atomic E-state index is -0.516. The molecule has 1 saturated heterocycles. The summed E-state index contributed by atoms with van der Waals surface area (Å²) in [7, 11) is 0. The molecule has 0 bridgehead atoms. The number of hydrogen-bond donors (Lipinski definition) is 1. The van der Waals surface area contributed by atoms with Gasteiger partial charge in [-0.2, -0.15) is 0 Å². The van der Waals surface area contributed by atoms with E-state index in [1.165, 1.54) is 24.3 Å². The van der Waals surface area contributed by atoms with Crippen molar-refractivity contribution in [1.29, 1.82) is 0 Å². The first-order chi connectivity index (χ1) is 12.5. The molecule has 1 heterocycles. The van der Waals surface area contributed by atoms with E-state index in [-0.39, 0.29) is 29.0 Å². The monoisotopic (exact) mass is 357 g/mol. The zero-order valence-electron chi connectivity index (χ0n) is 14.2. The Labute approximate surface area is 150 Å². The molecule has 0 radical (unpaired) electrons. The van der Waals surface area contributed by atoms with Gasteiger partial charge in [-0.1, -0.05) is 24.3 Å². The van der Waals surface area contributed by atoms with Crippen molar-refractivity contribution in [1.82, 2.24) is 10.2 Å². The van der Waals surface area contributed by atoms with Crippen molar-refractivity contribution in [3.05, 3.63) is 75.6 Å². The van der Waals surface area contributed by atoms with Gasteiger partial charge in [0.15, 0.2) is 0 Å². The number of nitro benzene ring substituents is 1. The van der Waals surface area contributed by atoms with Crippen LogP contribution in [0.25, 0.3) is 0 Å². The number of piperidine rings is 1. The maximum atomic E-state index is 13.7. The van der Waals surface area contributed by atoms with Crippen LogP contribution in [0.3, 0.4) is 0 Å². The van der Waals surface area contributed by atoms with Crippen LogP contribution >= 0.6 is 0 Å². The summed E-state index contributed by atoms with van der Waals surface area (Å²) in [6, 6.07) is 12.5. The number of likely N-dealkylation sites (tertiary alicyclic amines) is 1. The summed E-state index contributed by atoms with van der Waals surface area (Å²) in [6.45, 7) is 2.07. The summed E-state index contributed by atoms with van der Waals surface area (Å²) in [6.07, 6.45) is 1.52. The number of carbonyl (C=O) groups excluding carboxylic acids is 1. The first-order valence-electron chi connectivity index (χ1n) is 8.54. The number of rotatable bonds is 5. The molecular weight excluding hydrogens is 337 g/mol. The van der Waals surface area contributed by atoms with E-state index in [0.29, 0.717) is 12.1 Å². The van der Waals surface area contributed by atoms with Crippen LogP contribution in [0.4, 0.5) is 10.1 Å². The third kappa shape index (κ3) is 4.43. The fourth-order valence-corrected chi connectivity index (χ4v) is 3.13. The molecular formula is C19H20FN3O3. The molecule has 7 heteroatoms. The van der Waals surface area contributed by atoms with Gasteiger partial charge in [0.25, 0.3) is 11.6 Å². The van der Waals surface area contributed by atoms with Crippen LogP contribution in [-0.2, 0) is 6.54 Å². The maximum absolute atomic E-state index is 13.7. The van der Waals surface area contributed by atoms with E-state index in [1.54, 1.807) is 18.2 Å². The van der Waals surface area contributed by atoms with E-state index in [0.717, 1.165) is 25.9 Å². The number of nitrogens with one attached hydrogen (secondary N) is 1. The smallest absolute Gasteiger partial charge is 0.270 e. The first kappa shape index (κ1) is 18.0. The van der Waals surface area contributed by atoms with Gasteiger partial charge in [0.2, 0.25) is 0 Å². The lowest BCUT2D eigenvalue weighted by Crippen LogP contribution is -2.44. The number of benzene rings is 2. The molecule has 136 valence electrons. The van der Waals surface area contributed by atoms with Crippen LogP contribution in [0, 0.1) is 15.9 Å². The molecule has 6 nitrogen and oxygen atoms in total. The van der Waals surface area contributed by atoms with Crippen LogP contribution in [0.5, 0.6) is 0 Å². The highest BCUT2D eigenvalue weighted by atomic mass is 19.1. The van der Waals surface area contributed by atoms with Crippen LogP contribution in [0.15, 0.2) is 48.5 Å². The van der Waals surface area contributed by atoms with E-state index < -0.39 is 4.92 Å². The first-order valence-corrected chi connectivity index (χ1v) is 8.54. The molecule has 0 spiro atoms. The standard InChI is InChI=1S/C19H20FN3O3/c20-18-7-2-1-4-15(18)13-22-10-8-16(9-11-22)21-19(24)14-5-3-6-17(12-14)23(25)26/h1-7,12,16H,8-11,13H2,(H,21,24). The number of non-ortho nitro benzene ring substituents is 1. The van der Waals surface area contributed by atoms with Gasteiger partial charge >= 0.3 is 0 Å². The van der Waals surface area contributed by atoms with Crippen LogP contribution in [-0.4, -0.2) is 34.9 Å². The molecule has 1 N–H and O–H groups in total. The summed E-state index contributed by atoms with van der Waals surface area (Å²) >= 11 is 0. The molecule has 2 aromatic carbocycles. The van der Waals surface area contributed by atoms with Gasteiger partial charge in [-0.3, -0.25) is 19.8 Å². The zero-order valence-corrected chi connectivity index (χ0v) is 14.2. The average Bonchev–Trinajstić information content (AvgIpc) is 2.65. The third-order valence-corrected chi connectivity index (χ3v) is 4.59. The second kappa shape index (κ2) is 8.05. The lowest BCUT2D eigenvalue weighted by atomic mass is 10.0. The van der Waals surface area contributed by atoms with E-state index >= 15 is 0 Å². The Hall–Kier alpha value is -2.80. The molecule has 2 aromatic rings. The van der Waals surface area contributed by atoms with E-state index in [1.807, 2.05) is 6.07 Å². The minimum absolute atomic E-state index is 0.0126. The van der Waals surface area contributed by atoms with Gasteiger partial charge in [0, 0.05) is 48.9 Å². The van der Waals surface area contributed by atoms with Crippen molar-refractivity contribution in [3.63, 3.8) is 0 Å². The Morgan fingerprint density at radius 2 is 1.92 bits per heavy atom. The quantitative estimate of drug-likeness (QED) is 0.659. The number of carbonyl (C=O) groups is 1.